The van der Waals surface area contributed by atoms with Crippen molar-refractivity contribution in [2.45, 2.75) is 38.6 Å². The average molecular weight is 341 g/mol. The maximum Gasteiger partial charge on any atom is 0.215 e. The number of hydrogen-bond donors (Lipinski definition) is 0. The van der Waals surface area contributed by atoms with Crippen LogP contribution >= 0.6 is 0 Å². The van der Waals surface area contributed by atoms with Gasteiger partial charge in [0, 0.05) is 12.7 Å². The van der Waals surface area contributed by atoms with Crippen molar-refractivity contribution >= 4 is 16.8 Å². The SMILES string of the molecule is C1=C(CCn2c(-c3ccccc3)cn3c4ccccc4nc23)CCCC1. The molecular weight excluding hydrogens is 318 g/mol. The Labute approximate surface area is 153 Å². The van der Waals surface area contributed by atoms with Crippen LogP contribution in [0.15, 0.2) is 72.4 Å². The summed E-state index contributed by atoms with van der Waals surface area (Å²) in [6.45, 7) is 0.982. The number of fused-ring (bicyclic) bond motifs is 3. The van der Waals surface area contributed by atoms with Crippen LogP contribution < -0.4 is 0 Å². The molecular formula is C23H23N3. The van der Waals surface area contributed by atoms with E-state index in [-0.39, 0.29) is 0 Å². The van der Waals surface area contributed by atoms with Crippen LogP contribution in [-0.4, -0.2) is 14.0 Å². The number of nitrogens with zero attached hydrogens (tertiary/aromatic N) is 3. The van der Waals surface area contributed by atoms with Crippen LogP contribution in [0.5, 0.6) is 0 Å². The van der Waals surface area contributed by atoms with Gasteiger partial charge in [0.05, 0.1) is 16.7 Å². The summed E-state index contributed by atoms with van der Waals surface area (Å²) < 4.78 is 4.64. The lowest BCUT2D eigenvalue weighted by Crippen LogP contribution is -2.04. The van der Waals surface area contributed by atoms with Gasteiger partial charge in [0.15, 0.2) is 0 Å². The number of aromatic nitrogens is 3. The molecule has 2 heterocycles. The highest BCUT2D eigenvalue weighted by atomic mass is 15.2. The smallest absolute Gasteiger partial charge is 0.215 e. The lowest BCUT2D eigenvalue weighted by Gasteiger charge is -2.14. The molecule has 0 aliphatic heterocycles. The molecule has 0 bridgehead atoms. The monoisotopic (exact) mass is 341 g/mol. The number of hydrogen-bond acceptors (Lipinski definition) is 1. The fraction of sp³-hybridized carbons (Fsp3) is 0.261. The van der Waals surface area contributed by atoms with E-state index in [0.717, 1.165) is 24.3 Å². The number of aryl methyl sites for hydroxylation is 1. The van der Waals surface area contributed by atoms with E-state index in [9.17, 15) is 0 Å². The molecule has 0 N–H and O–H groups in total. The minimum atomic E-state index is 0.982. The molecule has 130 valence electrons. The van der Waals surface area contributed by atoms with E-state index in [1.807, 2.05) is 0 Å². The summed E-state index contributed by atoms with van der Waals surface area (Å²) in [5.41, 5.74) is 6.34. The lowest BCUT2D eigenvalue weighted by atomic mass is 9.97. The number of rotatable bonds is 4. The zero-order chi connectivity index (χ0) is 17.3. The first-order chi connectivity index (χ1) is 12.9. The van der Waals surface area contributed by atoms with Crippen molar-refractivity contribution < 1.29 is 0 Å². The van der Waals surface area contributed by atoms with E-state index >= 15 is 0 Å². The van der Waals surface area contributed by atoms with Crippen LogP contribution in [0.25, 0.3) is 28.1 Å². The van der Waals surface area contributed by atoms with Gasteiger partial charge in [-0.05, 0) is 49.8 Å². The quantitative estimate of drug-likeness (QED) is 0.427. The van der Waals surface area contributed by atoms with Crippen LogP contribution in [-0.2, 0) is 6.54 Å². The summed E-state index contributed by atoms with van der Waals surface area (Å²) in [7, 11) is 0. The van der Waals surface area contributed by atoms with E-state index in [1.165, 1.54) is 42.5 Å². The Bertz CT molecular complexity index is 1080. The predicted octanol–water partition coefficient (Wildman–Crippen LogP) is 5.85. The highest BCUT2D eigenvalue weighted by Gasteiger charge is 2.15. The van der Waals surface area contributed by atoms with Crippen molar-refractivity contribution in [3.63, 3.8) is 0 Å². The highest BCUT2D eigenvalue weighted by molar-refractivity contribution is 5.81. The number of para-hydroxylation sites is 2. The van der Waals surface area contributed by atoms with Gasteiger partial charge in [0.25, 0.3) is 0 Å². The lowest BCUT2D eigenvalue weighted by molar-refractivity contribution is 0.634. The first-order valence-electron chi connectivity index (χ1n) is 9.60. The van der Waals surface area contributed by atoms with Crippen LogP contribution in [0.3, 0.4) is 0 Å². The fourth-order valence-corrected chi connectivity index (χ4v) is 4.10. The Morgan fingerprint density at radius 2 is 1.77 bits per heavy atom. The van der Waals surface area contributed by atoms with Gasteiger partial charge in [-0.1, -0.05) is 54.1 Å². The number of allylic oxidation sites excluding steroid dienone is 2. The first-order valence-corrected chi connectivity index (χ1v) is 9.60. The normalized spacial score (nSPS) is 14.8. The maximum absolute atomic E-state index is 4.93. The molecule has 0 unspecified atom stereocenters. The summed E-state index contributed by atoms with van der Waals surface area (Å²) in [5.74, 6) is 1.04. The van der Waals surface area contributed by atoms with Crippen LogP contribution in [0, 0.1) is 0 Å². The van der Waals surface area contributed by atoms with Crippen molar-refractivity contribution in [3.8, 4) is 11.3 Å². The summed E-state index contributed by atoms with van der Waals surface area (Å²) in [6, 6.07) is 19.1. The van der Waals surface area contributed by atoms with Crippen LogP contribution in [0.2, 0.25) is 0 Å². The summed E-state index contributed by atoms with van der Waals surface area (Å²) in [6.07, 6.45) is 11.0. The van der Waals surface area contributed by atoms with Crippen molar-refractivity contribution in [2.24, 2.45) is 0 Å². The molecule has 0 atom stereocenters. The molecule has 2 aromatic carbocycles. The second-order valence-corrected chi connectivity index (χ2v) is 7.16. The Morgan fingerprint density at radius 3 is 2.62 bits per heavy atom. The van der Waals surface area contributed by atoms with Gasteiger partial charge in [-0.3, -0.25) is 4.40 Å². The summed E-state index contributed by atoms with van der Waals surface area (Å²) in [5, 5.41) is 0. The molecule has 3 nitrogen and oxygen atoms in total. The summed E-state index contributed by atoms with van der Waals surface area (Å²) >= 11 is 0. The van der Waals surface area contributed by atoms with Gasteiger partial charge in [-0.25, -0.2) is 4.98 Å². The maximum atomic E-state index is 4.93. The third kappa shape index (κ3) is 2.64. The molecule has 5 rings (SSSR count). The molecule has 1 aliphatic carbocycles. The number of imidazole rings is 2. The minimum Gasteiger partial charge on any atom is -0.309 e. The van der Waals surface area contributed by atoms with Gasteiger partial charge >= 0.3 is 0 Å². The molecule has 4 aromatic rings. The summed E-state index contributed by atoms with van der Waals surface area (Å²) in [4.78, 5) is 4.93. The van der Waals surface area contributed by atoms with Crippen molar-refractivity contribution in [3.05, 3.63) is 72.4 Å². The Hall–Kier alpha value is -2.81. The van der Waals surface area contributed by atoms with E-state index in [1.54, 1.807) is 5.57 Å². The third-order valence-corrected chi connectivity index (χ3v) is 5.47. The second kappa shape index (κ2) is 6.49. The second-order valence-electron chi connectivity index (χ2n) is 7.16. The molecule has 0 saturated heterocycles. The molecule has 0 saturated carbocycles. The zero-order valence-corrected chi connectivity index (χ0v) is 14.9. The van der Waals surface area contributed by atoms with Gasteiger partial charge < -0.3 is 4.57 Å². The fourth-order valence-electron chi connectivity index (χ4n) is 4.10. The van der Waals surface area contributed by atoms with E-state index < -0.39 is 0 Å². The molecule has 0 amide bonds. The van der Waals surface area contributed by atoms with E-state index in [4.69, 9.17) is 4.98 Å². The standard InChI is InChI=1S/C23H23N3/c1-3-9-18(10-4-1)15-16-25-22(19-11-5-2-6-12-19)17-26-21-14-8-7-13-20(21)24-23(25)26/h2,5-9,11-14,17H,1,3-4,10,15-16H2. The zero-order valence-electron chi connectivity index (χ0n) is 14.9. The molecule has 0 fully saturated rings. The van der Waals surface area contributed by atoms with Crippen LogP contribution in [0.4, 0.5) is 0 Å². The van der Waals surface area contributed by atoms with Gasteiger partial charge in [-0.2, -0.15) is 0 Å². The van der Waals surface area contributed by atoms with Crippen LogP contribution in [0.1, 0.15) is 32.1 Å². The average Bonchev–Trinajstić information content (AvgIpc) is 3.24. The predicted molar refractivity (Wildman–Crippen MR) is 107 cm³/mol. The Balaban J connectivity index is 1.63. The Kier molecular flexibility index (Phi) is 3.85. The van der Waals surface area contributed by atoms with Crippen molar-refractivity contribution in [1.29, 1.82) is 0 Å². The topological polar surface area (TPSA) is 22.2 Å². The van der Waals surface area contributed by atoms with E-state index in [0.29, 0.717) is 0 Å². The first kappa shape index (κ1) is 15.4. The molecule has 26 heavy (non-hydrogen) atoms. The molecule has 2 aromatic heterocycles. The minimum absolute atomic E-state index is 0.982. The third-order valence-electron chi connectivity index (χ3n) is 5.47. The van der Waals surface area contributed by atoms with Crippen molar-refractivity contribution in [1.82, 2.24) is 14.0 Å². The molecule has 0 radical (unpaired) electrons. The Morgan fingerprint density at radius 1 is 0.923 bits per heavy atom. The van der Waals surface area contributed by atoms with Crippen molar-refractivity contribution in [2.75, 3.05) is 0 Å². The van der Waals surface area contributed by atoms with Gasteiger partial charge in [-0.15, -0.1) is 0 Å². The number of benzene rings is 2. The van der Waals surface area contributed by atoms with E-state index in [2.05, 4.69) is 75.8 Å². The molecule has 1 aliphatic rings. The largest absolute Gasteiger partial charge is 0.309 e. The molecule has 3 heteroatoms. The van der Waals surface area contributed by atoms with Gasteiger partial charge in [0.2, 0.25) is 5.78 Å². The van der Waals surface area contributed by atoms with Gasteiger partial charge in [0.1, 0.15) is 0 Å². The highest BCUT2D eigenvalue weighted by Crippen LogP contribution is 2.28. The molecule has 0 spiro atoms.